The van der Waals surface area contributed by atoms with E-state index < -0.39 is 0 Å². The number of imidazole rings is 1. The van der Waals surface area contributed by atoms with Gasteiger partial charge < -0.3 is 4.52 Å². The molecule has 0 aromatic carbocycles. The van der Waals surface area contributed by atoms with Crippen molar-refractivity contribution >= 4 is 0 Å². The van der Waals surface area contributed by atoms with Crippen LogP contribution in [0, 0.1) is 0 Å². The Morgan fingerprint density at radius 3 is 2.89 bits per heavy atom. The second-order valence-corrected chi connectivity index (χ2v) is 4.73. The number of nitrogens with zero attached hydrogens (tertiary/aromatic N) is 4. The molecule has 2 heterocycles. The van der Waals surface area contributed by atoms with Gasteiger partial charge in [-0.2, -0.15) is 4.98 Å². The molecule has 1 aliphatic carbocycles. The lowest BCUT2D eigenvalue weighted by molar-refractivity contribution is 0.372. The summed E-state index contributed by atoms with van der Waals surface area (Å²) < 4.78 is 8.48. The fourth-order valence-electron chi connectivity index (χ4n) is 1.97. The van der Waals surface area contributed by atoms with Crippen molar-refractivity contribution in [2.24, 2.45) is 0 Å². The Morgan fingerprint density at radius 1 is 1.39 bits per heavy atom. The van der Waals surface area contributed by atoms with Gasteiger partial charge in [-0.05, 0) is 19.3 Å². The summed E-state index contributed by atoms with van der Waals surface area (Å²) in [5, 5.41) is 3.91. The molecule has 1 fully saturated rings. The molecule has 6 heteroatoms. The van der Waals surface area contributed by atoms with Crippen molar-refractivity contribution in [3.05, 3.63) is 34.6 Å². The van der Waals surface area contributed by atoms with Gasteiger partial charge in [-0.25, -0.2) is 4.79 Å². The van der Waals surface area contributed by atoms with Crippen LogP contribution in [0.1, 0.15) is 43.8 Å². The number of hydrogen-bond donors (Lipinski definition) is 0. The molecule has 0 amide bonds. The summed E-state index contributed by atoms with van der Waals surface area (Å²) in [4.78, 5) is 16.3. The van der Waals surface area contributed by atoms with E-state index >= 15 is 0 Å². The average Bonchev–Trinajstić information content (AvgIpc) is 3.04. The monoisotopic (exact) mass is 248 g/mol. The molecule has 0 atom stereocenters. The van der Waals surface area contributed by atoms with Crippen molar-refractivity contribution in [3.63, 3.8) is 0 Å². The highest BCUT2D eigenvalue weighted by Gasteiger charge is 2.29. The van der Waals surface area contributed by atoms with Crippen LogP contribution in [-0.4, -0.2) is 19.3 Å². The van der Waals surface area contributed by atoms with Crippen molar-refractivity contribution in [2.45, 2.75) is 45.2 Å². The summed E-state index contributed by atoms with van der Waals surface area (Å²) in [5.74, 6) is 1.74. The SMILES string of the molecule is CCCn1ccn(Cc2noc(C3CC3)n2)c1=O. The summed E-state index contributed by atoms with van der Waals surface area (Å²) in [5.41, 5.74) is -0.0189. The zero-order valence-electron chi connectivity index (χ0n) is 10.4. The Kier molecular flexibility index (Phi) is 2.77. The van der Waals surface area contributed by atoms with Crippen LogP contribution in [0.3, 0.4) is 0 Å². The maximum Gasteiger partial charge on any atom is 0.328 e. The molecule has 96 valence electrons. The van der Waals surface area contributed by atoms with Crippen molar-refractivity contribution in [3.8, 4) is 0 Å². The van der Waals surface area contributed by atoms with Crippen LogP contribution in [0.5, 0.6) is 0 Å². The van der Waals surface area contributed by atoms with Gasteiger partial charge in [-0.15, -0.1) is 0 Å². The topological polar surface area (TPSA) is 65.8 Å². The third kappa shape index (κ3) is 2.10. The van der Waals surface area contributed by atoms with Gasteiger partial charge in [0.1, 0.15) is 0 Å². The Morgan fingerprint density at radius 2 is 2.17 bits per heavy atom. The Labute approximate surface area is 104 Å². The maximum atomic E-state index is 12.0. The van der Waals surface area contributed by atoms with Crippen LogP contribution in [0.2, 0.25) is 0 Å². The second-order valence-electron chi connectivity index (χ2n) is 4.73. The minimum absolute atomic E-state index is 0.0189. The molecule has 0 saturated heterocycles. The zero-order chi connectivity index (χ0) is 12.5. The lowest BCUT2D eigenvalue weighted by atomic mass is 10.4. The third-order valence-corrected chi connectivity index (χ3v) is 3.10. The molecule has 2 aromatic rings. The number of rotatable bonds is 5. The van der Waals surface area contributed by atoms with Gasteiger partial charge in [0.25, 0.3) is 0 Å². The molecule has 1 aliphatic rings. The van der Waals surface area contributed by atoms with E-state index in [1.54, 1.807) is 21.5 Å². The van der Waals surface area contributed by atoms with E-state index in [1.807, 2.05) is 6.92 Å². The van der Waals surface area contributed by atoms with Gasteiger partial charge in [0, 0.05) is 24.9 Å². The standard InChI is InChI=1S/C12H16N4O2/c1-2-5-15-6-7-16(12(15)17)8-10-13-11(18-14-10)9-3-4-9/h6-7,9H,2-5,8H2,1H3. The minimum atomic E-state index is -0.0189. The first-order valence-electron chi connectivity index (χ1n) is 6.36. The fraction of sp³-hybridized carbons (Fsp3) is 0.583. The van der Waals surface area contributed by atoms with Crippen molar-refractivity contribution in [1.29, 1.82) is 0 Å². The van der Waals surface area contributed by atoms with E-state index in [4.69, 9.17) is 4.52 Å². The quantitative estimate of drug-likeness (QED) is 0.801. The van der Waals surface area contributed by atoms with E-state index in [0.29, 0.717) is 24.2 Å². The van der Waals surface area contributed by atoms with Crippen LogP contribution < -0.4 is 5.69 Å². The summed E-state index contributed by atoms with van der Waals surface area (Å²) in [7, 11) is 0. The molecule has 0 aliphatic heterocycles. The zero-order valence-corrected chi connectivity index (χ0v) is 10.4. The highest BCUT2D eigenvalue weighted by molar-refractivity contribution is 5.02. The Bertz CT molecular complexity index is 591. The van der Waals surface area contributed by atoms with E-state index in [0.717, 1.165) is 25.8 Å². The lowest BCUT2D eigenvalue weighted by Gasteiger charge is -1.97. The summed E-state index contributed by atoms with van der Waals surface area (Å²) in [6.45, 7) is 3.17. The summed E-state index contributed by atoms with van der Waals surface area (Å²) in [6.07, 6.45) is 6.78. The minimum Gasteiger partial charge on any atom is -0.339 e. The molecule has 0 radical (unpaired) electrons. The molecule has 0 unspecified atom stereocenters. The van der Waals surface area contributed by atoms with Crippen molar-refractivity contribution in [2.75, 3.05) is 0 Å². The maximum absolute atomic E-state index is 12.0. The molecular weight excluding hydrogens is 232 g/mol. The van der Waals surface area contributed by atoms with Crippen LogP contribution in [0.15, 0.2) is 21.7 Å². The summed E-state index contributed by atoms with van der Waals surface area (Å²) >= 11 is 0. The lowest BCUT2D eigenvalue weighted by Crippen LogP contribution is -2.24. The molecule has 6 nitrogen and oxygen atoms in total. The fourth-order valence-corrected chi connectivity index (χ4v) is 1.97. The molecule has 18 heavy (non-hydrogen) atoms. The predicted molar refractivity (Wildman–Crippen MR) is 64.4 cm³/mol. The number of aromatic nitrogens is 4. The number of aryl methyl sites for hydroxylation is 1. The van der Waals surface area contributed by atoms with Gasteiger partial charge in [0.15, 0.2) is 5.82 Å². The first-order valence-corrected chi connectivity index (χ1v) is 6.36. The van der Waals surface area contributed by atoms with E-state index in [-0.39, 0.29) is 5.69 Å². The molecule has 0 N–H and O–H groups in total. The van der Waals surface area contributed by atoms with Crippen molar-refractivity contribution in [1.82, 2.24) is 19.3 Å². The summed E-state index contributed by atoms with van der Waals surface area (Å²) in [6, 6.07) is 0. The van der Waals surface area contributed by atoms with Crippen LogP contribution in [0.25, 0.3) is 0 Å². The predicted octanol–water partition coefficient (Wildman–Crippen LogP) is 1.37. The van der Waals surface area contributed by atoms with E-state index in [2.05, 4.69) is 10.1 Å². The van der Waals surface area contributed by atoms with Crippen LogP contribution >= 0.6 is 0 Å². The molecule has 1 saturated carbocycles. The van der Waals surface area contributed by atoms with Gasteiger partial charge in [0.2, 0.25) is 5.89 Å². The van der Waals surface area contributed by atoms with Gasteiger partial charge in [-0.3, -0.25) is 9.13 Å². The molecule has 0 bridgehead atoms. The van der Waals surface area contributed by atoms with E-state index in [1.165, 1.54) is 0 Å². The van der Waals surface area contributed by atoms with E-state index in [9.17, 15) is 4.79 Å². The normalized spacial score (nSPS) is 15.2. The van der Waals surface area contributed by atoms with Gasteiger partial charge in [-0.1, -0.05) is 12.1 Å². The van der Waals surface area contributed by atoms with Gasteiger partial charge >= 0.3 is 5.69 Å². The Hall–Kier alpha value is -1.85. The first kappa shape index (κ1) is 11.3. The van der Waals surface area contributed by atoms with Gasteiger partial charge in [0.05, 0.1) is 6.54 Å². The largest absolute Gasteiger partial charge is 0.339 e. The molecule has 2 aromatic heterocycles. The van der Waals surface area contributed by atoms with Crippen LogP contribution in [0.4, 0.5) is 0 Å². The van der Waals surface area contributed by atoms with Crippen LogP contribution in [-0.2, 0) is 13.1 Å². The van der Waals surface area contributed by atoms with Crippen molar-refractivity contribution < 1.29 is 4.52 Å². The average molecular weight is 248 g/mol. The second kappa shape index (κ2) is 4.44. The smallest absolute Gasteiger partial charge is 0.328 e. The highest BCUT2D eigenvalue weighted by Crippen LogP contribution is 2.38. The molecule has 3 rings (SSSR count). The highest BCUT2D eigenvalue weighted by atomic mass is 16.5. The molecular formula is C12H16N4O2. The first-order chi connectivity index (χ1) is 8.78. The number of hydrogen-bond acceptors (Lipinski definition) is 4. The third-order valence-electron chi connectivity index (χ3n) is 3.10. The molecule has 0 spiro atoms. The Balaban J connectivity index is 1.76.